The van der Waals surface area contributed by atoms with E-state index in [0.29, 0.717) is 0 Å². The van der Waals surface area contributed by atoms with E-state index >= 15 is 0 Å². The van der Waals surface area contributed by atoms with Gasteiger partial charge in [-0.1, -0.05) is 0 Å². The largest absolute Gasteiger partial charge is 0.461 e. The van der Waals surface area contributed by atoms with E-state index in [-0.39, 0.29) is 5.97 Å². The molecular weight excluding hydrogens is 146 g/mol. The van der Waals surface area contributed by atoms with Gasteiger partial charge in [0.2, 0.25) is 0 Å². The molecular formula is C7H15NO3. The van der Waals surface area contributed by atoms with Crippen LogP contribution in [0.1, 0.15) is 20.8 Å². The van der Waals surface area contributed by atoms with Crippen LogP contribution in [0.15, 0.2) is 0 Å². The Bertz CT molecular complexity index is 136. The Balaban J connectivity index is 3.82. The minimum absolute atomic E-state index is 0.381. The molecule has 0 bridgehead atoms. The third kappa shape index (κ3) is 3.95. The summed E-state index contributed by atoms with van der Waals surface area (Å²) in [6.45, 7) is 4.52. The van der Waals surface area contributed by atoms with Crippen LogP contribution in [-0.4, -0.2) is 29.3 Å². The Morgan fingerprint density at radius 3 is 2.27 bits per heavy atom. The van der Waals surface area contributed by atoms with Crippen LogP contribution in [-0.2, 0) is 9.53 Å². The number of carbonyl (C=O) groups is 1. The van der Waals surface area contributed by atoms with E-state index in [1.807, 2.05) is 0 Å². The molecule has 4 heteroatoms. The van der Waals surface area contributed by atoms with Gasteiger partial charge in [0.25, 0.3) is 0 Å². The highest BCUT2D eigenvalue weighted by atomic mass is 16.5. The number of esters is 1. The summed E-state index contributed by atoms with van der Waals surface area (Å²) in [5, 5.41) is 8.99. The van der Waals surface area contributed by atoms with Gasteiger partial charge in [-0.15, -0.1) is 0 Å². The van der Waals surface area contributed by atoms with Crippen molar-refractivity contribution in [1.82, 2.24) is 0 Å². The molecule has 11 heavy (non-hydrogen) atoms. The van der Waals surface area contributed by atoms with Crippen molar-refractivity contribution in [3.05, 3.63) is 0 Å². The molecule has 3 unspecified atom stereocenters. The smallest absolute Gasteiger partial charge is 0.302 e. The average molecular weight is 161 g/mol. The molecule has 0 heterocycles. The molecule has 0 amide bonds. The van der Waals surface area contributed by atoms with Gasteiger partial charge >= 0.3 is 5.97 Å². The van der Waals surface area contributed by atoms with Crippen molar-refractivity contribution in [1.29, 1.82) is 0 Å². The highest BCUT2D eigenvalue weighted by Crippen LogP contribution is 2.00. The summed E-state index contributed by atoms with van der Waals surface area (Å²) in [6, 6.07) is -0.515. The molecule has 0 aromatic rings. The molecule has 0 radical (unpaired) electrons. The molecule has 0 saturated carbocycles. The van der Waals surface area contributed by atoms with Crippen LogP contribution >= 0.6 is 0 Å². The molecule has 4 nitrogen and oxygen atoms in total. The van der Waals surface area contributed by atoms with E-state index in [4.69, 9.17) is 15.6 Å². The molecule has 3 N–H and O–H groups in total. The molecule has 0 aliphatic heterocycles. The van der Waals surface area contributed by atoms with E-state index in [9.17, 15) is 4.79 Å². The molecule has 3 atom stereocenters. The normalized spacial score (nSPS) is 18.6. The summed E-state index contributed by atoms with van der Waals surface area (Å²) in [4.78, 5) is 10.4. The molecule has 0 aliphatic rings. The van der Waals surface area contributed by atoms with E-state index in [1.54, 1.807) is 13.8 Å². The van der Waals surface area contributed by atoms with Gasteiger partial charge in [0.05, 0.1) is 12.1 Å². The zero-order chi connectivity index (χ0) is 9.02. The molecule has 0 aliphatic carbocycles. The first-order valence-electron chi connectivity index (χ1n) is 3.56. The molecule has 66 valence electrons. The predicted octanol–water partition coefficient (Wildman–Crippen LogP) is -0.354. The van der Waals surface area contributed by atoms with Gasteiger partial charge in [0.1, 0.15) is 6.10 Å². The fourth-order valence-electron chi connectivity index (χ4n) is 0.733. The van der Waals surface area contributed by atoms with Gasteiger partial charge < -0.3 is 15.6 Å². The van der Waals surface area contributed by atoms with Crippen molar-refractivity contribution in [3.8, 4) is 0 Å². The maximum absolute atomic E-state index is 10.4. The lowest BCUT2D eigenvalue weighted by molar-refractivity contribution is -0.147. The Labute approximate surface area is 66.3 Å². The Morgan fingerprint density at radius 2 is 2.00 bits per heavy atom. The van der Waals surface area contributed by atoms with Crippen LogP contribution in [0.25, 0.3) is 0 Å². The van der Waals surface area contributed by atoms with Crippen molar-refractivity contribution in [3.63, 3.8) is 0 Å². The molecule has 0 fully saturated rings. The molecule has 0 saturated heterocycles. The summed E-state index contributed by atoms with van der Waals surface area (Å²) in [5.74, 6) is -0.381. The average Bonchev–Trinajstić information content (AvgIpc) is 1.84. The first-order chi connectivity index (χ1) is 4.95. The quantitative estimate of drug-likeness (QED) is 0.555. The fourth-order valence-corrected chi connectivity index (χ4v) is 0.733. The zero-order valence-electron chi connectivity index (χ0n) is 7.07. The van der Waals surface area contributed by atoms with Gasteiger partial charge in [0, 0.05) is 6.92 Å². The first kappa shape index (κ1) is 10.4. The summed E-state index contributed by atoms with van der Waals surface area (Å²) in [7, 11) is 0. The second-order valence-electron chi connectivity index (χ2n) is 2.63. The van der Waals surface area contributed by atoms with Gasteiger partial charge in [0.15, 0.2) is 0 Å². The number of carbonyl (C=O) groups excluding carboxylic acids is 1. The maximum Gasteiger partial charge on any atom is 0.302 e. The number of nitrogens with two attached hydrogens (primary N) is 1. The minimum atomic E-state index is -0.663. The number of aliphatic hydroxyl groups excluding tert-OH is 1. The van der Waals surface area contributed by atoms with Gasteiger partial charge in [-0.2, -0.15) is 0 Å². The highest BCUT2D eigenvalue weighted by Gasteiger charge is 2.19. The van der Waals surface area contributed by atoms with Crippen LogP contribution in [0.2, 0.25) is 0 Å². The summed E-state index contributed by atoms with van der Waals surface area (Å²) >= 11 is 0. The standard InChI is InChI=1S/C7H15NO3/c1-4(9)7(8)5(2)11-6(3)10/h4-5,7,9H,8H2,1-3H3. The maximum atomic E-state index is 10.4. The lowest BCUT2D eigenvalue weighted by atomic mass is 10.1. The molecule has 0 rings (SSSR count). The van der Waals surface area contributed by atoms with Crippen molar-refractivity contribution in [2.45, 2.75) is 39.0 Å². The van der Waals surface area contributed by atoms with E-state index in [1.165, 1.54) is 6.92 Å². The Morgan fingerprint density at radius 1 is 1.55 bits per heavy atom. The third-order valence-corrected chi connectivity index (χ3v) is 1.45. The molecule has 0 aromatic heterocycles. The van der Waals surface area contributed by atoms with Crippen LogP contribution in [0.5, 0.6) is 0 Å². The number of aliphatic hydroxyl groups is 1. The lowest BCUT2D eigenvalue weighted by Crippen LogP contribution is -2.43. The summed E-state index contributed by atoms with van der Waals surface area (Å²) in [6.07, 6.45) is -1.10. The summed E-state index contributed by atoms with van der Waals surface area (Å²) < 4.78 is 4.75. The zero-order valence-corrected chi connectivity index (χ0v) is 7.07. The SMILES string of the molecule is CC(=O)OC(C)C(N)C(C)O. The second kappa shape index (κ2) is 4.31. The number of hydrogen-bond donors (Lipinski definition) is 2. The monoisotopic (exact) mass is 161 g/mol. The fraction of sp³-hybridized carbons (Fsp3) is 0.857. The topological polar surface area (TPSA) is 72.5 Å². The lowest BCUT2D eigenvalue weighted by Gasteiger charge is -2.21. The number of rotatable bonds is 3. The number of hydrogen-bond acceptors (Lipinski definition) is 4. The molecule has 0 aromatic carbocycles. The third-order valence-electron chi connectivity index (χ3n) is 1.45. The van der Waals surface area contributed by atoms with Crippen LogP contribution in [0.3, 0.4) is 0 Å². The van der Waals surface area contributed by atoms with Gasteiger partial charge in [-0.25, -0.2) is 0 Å². The van der Waals surface area contributed by atoms with E-state index in [0.717, 1.165) is 0 Å². The van der Waals surface area contributed by atoms with Crippen molar-refractivity contribution in [2.75, 3.05) is 0 Å². The Kier molecular flexibility index (Phi) is 4.07. The second-order valence-corrected chi connectivity index (χ2v) is 2.63. The van der Waals surface area contributed by atoms with Gasteiger partial charge in [-0.3, -0.25) is 4.79 Å². The van der Waals surface area contributed by atoms with E-state index in [2.05, 4.69) is 0 Å². The Hall–Kier alpha value is -0.610. The van der Waals surface area contributed by atoms with Crippen LogP contribution in [0.4, 0.5) is 0 Å². The highest BCUT2D eigenvalue weighted by molar-refractivity contribution is 5.66. The minimum Gasteiger partial charge on any atom is -0.461 e. The van der Waals surface area contributed by atoms with Crippen molar-refractivity contribution in [2.24, 2.45) is 5.73 Å². The summed E-state index contributed by atoms with van der Waals surface area (Å²) in [5.41, 5.74) is 5.48. The first-order valence-corrected chi connectivity index (χ1v) is 3.56. The van der Waals surface area contributed by atoms with Gasteiger partial charge in [-0.05, 0) is 13.8 Å². The molecule has 0 spiro atoms. The van der Waals surface area contributed by atoms with Crippen molar-refractivity contribution >= 4 is 5.97 Å². The van der Waals surface area contributed by atoms with Crippen LogP contribution < -0.4 is 5.73 Å². The van der Waals surface area contributed by atoms with E-state index < -0.39 is 18.2 Å². The predicted molar refractivity (Wildman–Crippen MR) is 40.9 cm³/mol. The van der Waals surface area contributed by atoms with Crippen LogP contribution in [0, 0.1) is 0 Å². The number of ether oxygens (including phenoxy) is 1. The van der Waals surface area contributed by atoms with Crippen molar-refractivity contribution < 1.29 is 14.6 Å².